The Morgan fingerprint density at radius 2 is 2.00 bits per heavy atom. The molecule has 1 unspecified atom stereocenters. The Kier molecular flexibility index (Phi) is 5.19. The Morgan fingerprint density at radius 3 is 2.65 bits per heavy atom. The van der Waals surface area contributed by atoms with Crippen LogP contribution < -0.4 is 5.32 Å². The number of morpholine rings is 1. The molecular formula is C13H23N3O4. The second-order valence-corrected chi connectivity index (χ2v) is 5.58. The number of amides is 2. The van der Waals surface area contributed by atoms with Gasteiger partial charge in [-0.05, 0) is 38.9 Å². The largest absolute Gasteiger partial charge is 0.479 e. The maximum Gasteiger partial charge on any atom is 0.334 e. The van der Waals surface area contributed by atoms with E-state index in [1.807, 2.05) is 0 Å². The van der Waals surface area contributed by atoms with Gasteiger partial charge in [0.2, 0.25) is 0 Å². The minimum absolute atomic E-state index is 0.120. The quantitative estimate of drug-likeness (QED) is 0.752. The standard InChI is InChI=1S/C13H23N3O4/c1-15-4-2-10(3-5-15)8-14-13(19)16-6-7-20-11(9-16)12(17)18/h10-11H,2-9H2,1H3,(H,14,19)(H,17,18). The molecule has 2 aliphatic rings. The van der Waals surface area contributed by atoms with Crippen LogP contribution in [-0.4, -0.2) is 79.4 Å². The molecule has 2 saturated heterocycles. The van der Waals surface area contributed by atoms with E-state index >= 15 is 0 Å². The number of nitrogens with one attached hydrogen (secondary N) is 1. The molecule has 1 atom stereocenters. The van der Waals surface area contributed by atoms with Crippen molar-refractivity contribution in [3.05, 3.63) is 0 Å². The molecule has 0 radical (unpaired) electrons. The smallest absolute Gasteiger partial charge is 0.334 e. The van der Waals surface area contributed by atoms with Gasteiger partial charge in [0, 0.05) is 13.1 Å². The van der Waals surface area contributed by atoms with Gasteiger partial charge in [0.15, 0.2) is 6.10 Å². The van der Waals surface area contributed by atoms with Crippen LogP contribution in [0.25, 0.3) is 0 Å². The number of carbonyl (C=O) groups is 2. The molecule has 7 heteroatoms. The number of carbonyl (C=O) groups excluding carboxylic acids is 1. The van der Waals surface area contributed by atoms with E-state index in [0.29, 0.717) is 19.0 Å². The minimum Gasteiger partial charge on any atom is -0.479 e. The maximum atomic E-state index is 12.0. The zero-order chi connectivity index (χ0) is 14.5. The maximum absolute atomic E-state index is 12.0. The van der Waals surface area contributed by atoms with E-state index in [9.17, 15) is 9.59 Å². The number of likely N-dealkylation sites (tertiary alicyclic amines) is 1. The summed E-state index contributed by atoms with van der Waals surface area (Å²) in [5.74, 6) is -0.496. The summed E-state index contributed by atoms with van der Waals surface area (Å²) in [6.07, 6.45) is 1.28. The van der Waals surface area contributed by atoms with Gasteiger partial charge in [0.25, 0.3) is 0 Å². The number of rotatable bonds is 3. The lowest BCUT2D eigenvalue weighted by molar-refractivity contribution is -0.154. The Labute approximate surface area is 118 Å². The molecule has 0 aromatic heterocycles. The van der Waals surface area contributed by atoms with Gasteiger partial charge in [-0.3, -0.25) is 0 Å². The molecule has 2 fully saturated rings. The molecule has 0 aromatic carbocycles. The van der Waals surface area contributed by atoms with Crippen molar-refractivity contribution in [3.63, 3.8) is 0 Å². The molecule has 2 rings (SSSR count). The normalized spacial score (nSPS) is 25.4. The predicted octanol–water partition coefficient (Wildman–Crippen LogP) is -0.177. The minimum atomic E-state index is -1.02. The highest BCUT2D eigenvalue weighted by Crippen LogP contribution is 2.15. The number of carboxylic acid groups (broad SMARTS) is 1. The summed E-state index contributed by atoms with van der Waals surface area (Å²) in [7, 11) is 2.11. The van der Waals surface area contributed by atoms with Gasteiger partial charge in [-0.15, -0.1) is 0 Å². The van der Waals surface area contributed by atoms with E-state index < -0.39 is 12.1 Å². The summed E-state index contributed by atoms with van der Waals surface area (Å²) in [5, 5.41) is 11.8. The lowest BCUT2D eigenvalue weighted by Gasteiger charge is -2.32. The number of ether oxygens (including phenoxy) is 1. The number of hydrogen-bond acceptors (Lipinski definition) is 4. The van der Waals surface area contributed by atoms with Gasteiger partial charge >= 0.3 is 12.0 Å². The van der Waals surface area contributed by atoms with Crippen molar-refractivity contribution in [2.24, 2.45) is 5.92 Å². The predicted molar refractivity (Wildman–Crippen MR) is 72.6 cm³/mol. The van der Waals surface area contributed by atoms with Crippen LogP contribution in [0.15, 0.2) is 0 Å². The Hall–Kier alpha value is -1.34. The fraction of sp³-hybridized carbons (Fsp3) is 0.846. The summed E-state index contributed by atoms with van der Waals surface area (Å²) in [6, 6.07) is -0.182. The third-order valence-corrected chi connectivity index (χ3v) is 4.01. The average molecular weight is 285 g/mol. The molecule has 20 heavy (non-hydrogen) atoms. The van der Waals surface area contributed by atoms with E-state index in [1.165, 1.54) is 4.90 Å². The van der Waals surface area contributed by atoms with E-state index in [4.69, 9.17) is 9.84 Å². The van der Waals surface area contributed by atoms with Crippen LogP contribution >= 0.6 is 0 Å². The molecule has 0 aliphatic carbocycles. The second kappa shape index (κ2) is 6.90. The van der Waals surface area contributed by atoms with Crippen molar-refractivity contribution in [2.45, 2.75) is 18.9 Å². The van der Waals surface area contributed by atoms with Crippen molar-refractivity contribution >= 4 is 12.0 Å². The fourth-order valence-corrected chi connectivity index (χ4v) is 2.59. The number of nitrogens with zero attached hydrogens (tertiary/aromatic N) is 2. The monoisotopic (exact) mass is 285 g/mol. The third kappa shape index (κ3) is 4.08. The highest BCUT2D eigenvalue weighted by atomic mass is 16.5. The molecule has 0 aromatic rings. The molecule has 2 N–H and O–H groups in total. The lowest BCUT2D eigenvalue weighted by Crippen LogP contribution is -2.52. The zero-order valence-electron chi connectivity index (χ0n) is 11.9. The van der Waals surface area contributed by atoms with E-state index in [1.54, 1.807) is 0 Å². The first-order valence-corrected chi connectivity index (χ1v) is 7.12. The van der Waals surface area contributed by atoms with Crippen molar-refractivity contribution in [1.29, 1.82) is 0 Å². The molecule has 114 valence electrons. The van der Waals surface area contributed by atoms with Gasteiger partial charge in [-0.25, -0.2) is 9.59 Å². The van der Waals surface area contributed by atoms with E-state index in [0.717, 1.165) is 25.9 Å². The first kappa shape index (κ1) is 15.1. The van der Waals surface area contributed by atoms with Crippen LogP contribution in [0.3, 0.4) is 0 Å². The van der Waals surface area contributed by atoms with Crippen LogP contribution in [0.1, 0.15) is 12.8 Å². The second-order valence-electron chi connectivity index (χ2n) is 5.58. The number of carboxylic acids is 1. The van der Waals surface area contributed by atoms with Gasteiger partial charge in [0.05, 0.1) is 13.2 Å². The first-order chi connectivity index (χ1) is 9.56. The van der Waals surface area contributed by atoms with Gasteiger partial charge in [-0.1, -0.05) is 0 Å². The molecule has 0 bridgehead atoms. The number of piperidine rings is 1. The summed E-state index contributed by atoms with van der Waals surface area (Å²) in [5.41, 5.74) is 0. The van der Waals surface area contributed by atoms with E-state index in [2.05, 4.69) is 17.3 Å². The fourth-order valence-electron chi connectivity index (χ4n) is 2.59. The molecule has 7 nitrogen and oxygen atoms in total. The zero-order valence-corrected chi connectivity index (χ0v) is 11.9. The summed E-state index contributed by atoms with van der Waals surface area (Å²) in [4.78, 5) is 26.7. The summed E-state index contributed by atoms with van der Waals surface area (Å²) >= 11 is 0. The third-order valence-electron chi connectivity index (χ3n) is 4.01. The number of urea groups is 1. The molecule has 2 amide bonds. The Bertz CT molecular complexity index is 356. The first-order valence-electron chi connectivity index (χ1n) is 7.12. The topological polar surface area (TPSA) is 82.1 Å². The van der Waals surface area contributed by atoms with Crippen LogP contribution in [0.2, 0.25) is 0 Å². The summed E-state index contributed by atoms with van der Waals surface area (Å²) in [6.45, 7) is 3.65. The highest BCUT2D eigenvalue weighted by Gasteiger charge is 2.29. The van der Waals surface area contributed by atoms with Gasteiger partial charge < -0.3 is 25.0 Å². The van der Waals surface area contributed by atoms with Gasteiger partial charge in [0.1, 0.15) is 0 Å². The van der Waals surface area contributed by atoms with Crippen molar-refractivity contribution in [1.82, 2.24) is 15.1 Å². The van der Waals surface area contributed by atoms with Crippen molar-refractivity contribution in [2.75, 3.05) is 46.4 Å². The molecule has 0 spiro atoms. The molecule has 2 heterocycles. The average Bonchev–Trinajstić information content (AvgIpc) is 2.46. The molecule has 0 saturated carbocycles. The van der Waals surface area contributed by atoms with Gasteiger partial charge in [-0.2, -0.15) is 0 Å². The molecular weight excluding hydrogens is 262 g/mol. The van der Waals surface area contributed by atoms with Crippen molar-refractivity contribution < 1.29 is 19.4 Å². The Morgan fingerprint density at radius 1 is 1.30 bits per heavy atom. The van der Waals surface area contributed by atoms with Crippen LogP contribution in [-0.2, 0) is 9.53 Å². The van der Waals surface area contributed by atoms with Crippen LogP contribution in [0, 0.1) is 5.92 Å². The van der Waals surface area contributed by atoms with Crippen LogP contribution in [0.4, 0.5) is 4.79 Å². The van der Waals surface area contributed by atoms with E-state index in [-0.39, 0.29) is 19.2 Å². The van der Waals surface area contributed by atoms with Crippen molar-refractivity contribution in [3.8, 4) is 0 Å². The lowest BCUT2D eigenvalue weighted by atomic mass is 9.97. The Balaban J connectivity index is 1.73. The number of hydrogen-bond donors (Lipinski definition) is 2. The number of aliphatic carboxylic acids is 1. The molecule has 2 aliphatic heterocycles. The van der Waals surface area contributed by atoms with Crippen LogP contribution in [0.5, 0.6) is 0 Å². The SMILES string of the molecule is CN1CCC(CNC(=O)N2CCOC(C(=O)O)C2)CC1. The summed E-state index contributed by atoms with van der Waals surface area (Å²) < 4.78 is 5.10. The highest BCUT2D eigenvalue weighted by molar-refractivity contribution is 5.77.